The molecule has 158 valence electrons. The van der Waals surface area contributed by atoms with Crippen LogP contribution in [-0.4, -0.2) is 25.2 Å². The molecule has 0 aliphatic heterocycles. The quantitative estimate of drug-likeness (QED) is 0.573. The normalized spacial score (nSPS) is 14.2. The number of ether oxygens (including phenoxy) is 2. The summed E-state index contributed by atoms with van der Waals surface area (Å²) in [4.78, 5) is 12.9. The number of benzene rings is 2. The molecule has 0 radical (unpaired) electrons. The molecule has 0 aromatic heterocycles. The van der Waals surface area contributed by atoms with E-state index in [1.54, 1.807) is 31.2 Å². The summed E-state index contributed by atoms with van der Waals surface area (Å²) in [5.41, 5.74) is 4.09. The van der Waals surface area contributed by atoms with Gasteiger partial charge in [-0.15, -0.1) is 0 Å². The van der Waals surface area contributed by atoms with Crippen molar-refractivity contribution in [2.75, 3.05) is 23.8 Å². The fourth-order valence-electron chi connectivity index (χ4n) is 3.48. The molecule has 1 aliphatic rings. The van der Waals surface area contributed by atoms with Gasteiger partial charge in [-0.25, -0.2) is 4.79 Å². The summed E-state index contributed by atoms with van der Waals surface area (Å²) < 4.78 is 11.2. The number of nitrogens with one attached hydrogen (secondary N) is 2. The number of rotatable bonds is 9. The molecular formula is C24H29N3O3. The van der Waals surface area contributed by atoms with Crippen LogP contribution < -0.4 is 15.4 Å². The first-order valence-corrected chi connectivity index (χ1v) is 10.5. The number of anilines is 2. The number of nitriles is 1. The minimum atomic E-state index is -0.694. The van der Waals surface area contributed by atoms with Gasteiger partial charge in [0.05, 0.1) is 24.8 Å². The number of esters is 1. The van der Waals surface area contributed by atoms with Crippen molar-refractivity contribution in [3.05, 3.63) is 53.1 Å². The molecule has 0 bridgehead atoms. The predicted molar refractivity (Wildman–Crippen MR) is 118 cm³/mol. The Morgan fingerprint density at radius 3 is 2.50 bits per heavy atom. The van der Waals surface area contributed by atoms with E-state index in [2.05, 4.69) is 16.7 Å². The van der Waals surface area contributed by atoms with Crippen molar-refractivity contribution in [2.45, 2.75) is 52.1 Å². The third kappa shape index (κ3) is 5.04. The molecule has 1 atom stereocenters. The fraction of sp³-hybridized carbons (Fsp3) is 0.417. The zero-order valence-corrected chi connectivity index (χ0v) is 17.8. The number of hydrogen-bond acceptors (Lipinski definition) is 6. The molecule has 0 heterocycles. The minimum absolute atomic E-state index is 0.293. The van der Waals surface area contributed by atoms with Crippen molar-refractivity contribution in [3.63, 3.8) is 0 Å². The predicted octanol–water partition coefficient (Wildman–Crippen LogP) is 4.95. The Kier molecular flexibility index (Phi) is 7.18. The van der Waals surface area contributed by atoms with Crippen LogP contribution >= 0.6 is 0 Å². The Balaban J connectivity index is 1.99. The maximum atomic E-state index is 12.9. The Hall–Kier alpha value is -3.20. The van der Waals surface area contributed by atoms with Crippen molar-refractivity contribution in [1.82, 2.24) is 0 Å². The highest BCUT2D eigenvalue weighted by Gasteiger charge is 2.27. The molecule has 2 aromatic carbocycles. The molecule has 6 nitrogen and oxygen atoms in total. The summed E-state index contributed by atoms with van der Waals surface area (Å²) in [5.74, 6) is 0.365. The van der Waals surface area contributed by atoms with Crippen LogP contribution in [0.3, 0.4) is 0 Å². The smallest absolute Gasteiger partial charge is 0.333 e. The summed E-state index contributed by atoms with van der Waals surface area (Å²) in [6.07, 6.45) is 3.54. The van der Waals surface area contributed by atoms with Gasteiger partial charge < -0.3 is 20.1 Å². The van der Waals surface area contributed by atoms with E-state index in [9.17, 15) is 4.79 Å². The Morgan fingerprint density at radius 1 is 1.20 bits per heavy atom. The maximum absolute atomic E-state index is 12.9. The van der Waals surface area contributed by atoms with Gasteiger partial charge in [0.2, 0.25) is 0 Å². The van der Waals surface area contributed by atoms with E-state index in [1.807, 2.05) is 26.0 Å². The molecule has 3 rings (SSSR count). The second-order valence-electron chi connectivity index (χ2n) is 7.41. The highest BCUT2D eigenvalue weighted by molar-refractivity contribution is 5.83. The molecule has 1 saturated carbocycles. The first-order chi connectivity index (χ1) is 14.5. The molecule has 0 saturated heterocycles. The minimum Gasteiger partial charge on any atom is -0.494 e. The monoisotopic (exact) mass is 407 g/mol. The first-order valence-electron chi connectivity index (χ1n) is 10.5. The molecule has 0 spiro atoms. The van der Waals surface area contributed by atoms with Crippen LogP contribution in [0, 0.1) is 18.3 Å². The zero-order chi connectivity index (χ0) is 21.5. The van der Waals surface area contributed by atoms with Gasteiger partial charge in [-0.2, -0.15) is 5.26 Å². The molecule has 6 heteroatoms. The summed E-state index contributed by atoms with van der Waals surface area (Å²) >= 11 is 0. The lowest BCUT2D eigenvalue weighted by Crippen LogP contribution is -2.28. The molecule has 2 N–H and O–H groups in total. The average molecular weight is 408 g/mol. The third-order valence-corrected chi connectivity index (χ3v) is 5.36. The van der Waals surface area contributed by atoms with E-state index < -0.39 is 6.04 Å². The van der Waals surface area contributed by atoms with Gasteiger partial charge in [0, 0.05) is 23.5 Å². The SMILES string of the molecule is CCOC(=O)C(Nc1ccc(C#N)cc1)c1cc(OCC)cc(NC2CCC2)c1C. The van der Waals surface area contributed by atoms with E-state index in [0.29, 0.717) is 24.8 Å². The second kappa shape index (κ2) is 10.0. The van der Waals surface area contributed by atoms with Gasteiger partial charge in [-0.05, 0) is 81.5 Å². The lowest BCUT2D eigenvalue weighted by atomic mass is 9.91. The molecule has 0 amide bonds. The molecular weight excluding hydrogens is 378 g/mol. The summed E-state index contributed by atoms with van der Waals surface area (Å²) in [6.45, 7) is 6.58. The van der Waals surface area contributed by atoms with E-state index in [1.165, 1.54) is 6.42 Å². The number of carbonyl (C=O) groups is 1. The number of hydrogen-bond donors (Lipinski definition) is 2. The van der Waals surface area contributed by atoms with Gasteiger partial charge in [0.25, 0.3) is 0 Å². The molecule has 2 aromatic rings. The highest BCUT2D eigenvalue weighted by atomic mass is 16.5. The highest BCUT2D eigenvalue weighted by Crippen LogP contribution is 2.35. The van der Waals surface area contributed by atoms with Crippen molar-refractivity contribution in [1.29, 1.82) is 5.26 Å². The summed E-state index contributed by atoms with van der Waals surface area (Å²) in [5, 5.41) is 15.9. The average Bonchev–Trinajstić information content (AvgIpc) is 2.71. The number of carbonyl (C=O) groups excluding carboxylic acids is 1. The van der Waals surface area contributed by atoms with Gasteiger partial charge in [0.15, 0.2) is 6.04 Å². The fourth-order valence-corrected chi connectivity index (χ4v) is 3.48. The van der Waals surface area contributed by atoms with Gasteiger partial charge in [-0.3, -0.25) is 0 Å². The standard InChI is InChI=1S/C24H29N3O3/c1-4-29-20-13-21(16(3)22(14-20)26-18-7-6-8-18)23(24(28)30-5-2)27-19-11-9-17(15-25)10-12-19/h9-14,18,23,26-27H,4-8H2,1-3H3. The van der Waals surface area contributed by atoms with Crippen LogP contribution in [0.15, 0.2) is 36.4 Å². The van der Waals surface area contributed by atoms with Crippen molar-refractivity contribution >= 4 is 17.3 Å². The van der Waals surface area contributed by atoms with Crippen LogP contribution in [0.2, 0.25) is 0 Å². The lowest BCUT2D eigenvalue weighted by molar-refractivity contribution is -0.144. The summed E-state index contributed by atoms with van der Waals surface area (Å²) in [6, 6.07) is 12.8. The van der Waals surface area contributed by atoms with Crippen molar-refractivity contribution in [3.8, 4) is 11.8 Å². The van der Waals surface area contributed by atoms with Crippen LogP contribution in [0.4, 0.5) is 11.4 Å². The Bertz CT molecular complexity index is 915. The zero-order valence-electron chi connectivity index (χ0n) is 17.8. The van der Waals surface area contributed by atoms with Crippen molar-refractivity contribution < 1.29 is 14.3 Å². The summed E-state index contributed by atoms with van der Waals surface area (Å²) in [7, 11) is 0. The lowest BCUT2D eigenvalue weighted by Gasteiger charge is -2.30. The Morgan fingerprint density at radius 2 is 1.93 bits per heavy atom. The van der Waals surface area contributed by atoms with Gasteiger partial charge in [0.1, 0.15) is 5.75 Å². The largest absolute Gasteiger partial charge is 0.494 e. The van der Waals surface area contributed by atoms with Crippen LogP contribution in [0.25, 0.3) is 0 Å². The number of nitrogens with zero attached hydrogens (tertiary/aromatic N) is 1. The molecule has 30 heavy (non-hydrogen) atoms. The second-order valence-corrected chi connectivity index (χ2v) is 7.41. The van der Waals surface area contributed by atoms with E-state index in [4.69, 9.17) is 14.7 Å². The topological polar surface area (TPSA) is 83.4 Å². The maximum Gasteiger partial charge on any atom is 0.333 e. The first kappa shape index (κ1) is 21.5. The van der Waals surface area contributed by atoms with Crippen LogP contribution in [-0.2, 0) is 9.53 Å². The Labute approximate surface area is 178 Å². The van der Waals surface area contributed by atoms with Gasteiger partial charge >= 0.3 is 5.97 Å². The third-order valence-electron chi connectivity index (χ3n) is 5.36. The van der Waals surface area contributed by atoms with Crippen molar-refractivity contribution in [2.24, 2.45) is 0 Å². The van der Waals surface area contributed by atoms with Crippen LogP contribution in [0.1, 0.15) is 55.8 Å². The molecule has 1 unspecified atom stereocenters. The van der Waals surface area contributed by atoms with E-state index in [0.717, 1.165) is 41.1 Å². The van der Waals surface area contributed by atoms with E-state index >= 15 is 0 Å². The van der Waals surface area contributed by atoms with Crippen LogP contribution in [0.5, 0.6) is 5.75 Å². The van der Waals surface area contributed by atoms with E-state index in [-0.39, 0.29) is 5.97 Å². The van der Waals surface area contributed by atoms with Gasteiger partial charge in [-0.1, -0.05) is 0 Å². The molecule has 1 fully saturated rings. The molecule has 1 aliphatic carbocycles.